The Balaban J connectivity index is 1.65. The summed E-state index contributed by atoms with van der Waals surface area (Å²) in [6, 6.07) is 7.24. The first-order chi connectivity index (χ1) is 12.3. The quantitative estimate of drug-likeness (QED) is 0.664. The number of primary amides is 1. The van der Waals surface area contributed by atoms with Crippen molar-refractivity contribution in [2.24, 2.45) is 11.7 Å². The summed E-state index contributed by atoms with van der Waals surface area (Å²) in [5.41, 5.74) is 10.8. The number of piperidine rings is 1. The van der Waals surface area contributed by atoms with Gasteiger partial charge < -0.3 is 21.5 Å². The summed E-state index contributed by atoms with van der Waals surface area (Å²) < 4.78 is 0. The van der Waals surface area contributed by atoms with E-state index < -0.39 is 11.5 Å². The Morgan fingerprint density at radius 2 is 2.27 bits per heavy atom. The number of aliphatic hydroxyl groups is 1. The fraction of sp³-hybridized carbons (Fsp3) is 0.278. The maximum Gasteiger partial charge on any atom is 0.270 e. The van der Waals surface area contributed by atoms with Crippen LogP contribution in [0.2, 0.25) is 0 Å². The molecule has 2 heterocycles. The molecule has 1 aliphatic heterocycles. The van der Waals surface area contributed by atoms with Gasteiger partial charge in [-0.1, -0.05) is 35.3 Å². The highest BCUT2D eigenvalue weighted by Gasteiger charge is 2.66. The number of rotatable bonds is 2. The van der Waals surface area contributed by atoms with Crippen molar-refractivity contribution in [1.82, 2.24) is 9.88 Å². The number of anilines is 1. The SMILES string of the molecule is CN1C(=O)C(O)(C#Cc2cccc(-c3nc(C(N)=O)c(N)s3)c2)C2CC21. The Hall–Kier alpha value is -2.89. The average Bonchev–Trinajstić information content (AvgIpc) is 3.29. The summed E-state index contributed by atoms with van der Waals surface area (Å²) in [7, 11) is 1.69. The molecule has 1 saturated carbocycles. The van der Waals surface area contributed by atoms with Gasteiger partial charge in [0.25, 0.3) is 11.8 Å². The maximum atomic E-state index is 12.2. The van der Waals surface area contributed by atoms with E-state index in [0.717, 1.165) is 23.3 Å². The number of benzene rings is 1. The zero-order valence-electron chi connectivity index (χ0n) is 13.9. The molecule has 5 N–H and O–H groups in total. The molecule has 1 aromatic carbocycles. The van der Waals surface area contributed by atoms with Crippen LogP contribution < -0.4 is 11.5 Å². The molecular weight excluding hydrogens is 352 g/mol. The molecule has 1 aliphatic carbocycles. The van der Waals surface area contributed by atoms with Gasteiger partial charge in [-0.25, -0.2) is 4.98 Å². The number of amides is 2. The van der Waals surface area contributed by atoms with E-state index in [1.54, 1.807) is 30.1 Å². The maximum absolute atomic E-state index is 12.2. The first kappa shape index (κ1) is 16.6. The van der Waals surface area contributed by atoms with Crippen molar-refractivity contribution in [3.05, 3.63) is 35.5 Å². The number of hydrogen-bond donors (Lipinski definition) is 3. The second-order valence-corrected chi connectivity index (χ2v) is 7.55. The molecule has 0 spiro atoms. The van der Waals surface area contributed by atoms with E-state index in [1.807, 2.05) is 6.07 Å². The third-order valence-corrected chi connectivity index (χ3v) is 5.76. The van der Waals surface area contributed by atoms with E-state index in [2.05, 4.69) is 16.8 Å². The van der Waals surface area contributed by atoms with Crippen molar-refractivity contribution in [3.8, 4) is 22.4 Å². The fourth-order valence-corrected chi connectivity index (χ4v) is 4.15. The van der Waals surface area contributed by atoms with E-state index in [9.17, 15) is 14.7 Å². The van der Waals surface area contributed by atoms with Gasteiger partial charge in [0, 0.05) is 30.1 Å². The molecule has 4 rings (SSSR count). The Kier molecular flexibility index (Phi) is 3.54. The van der Waals surface area contributed by atoms with Gasteiger partial charge in [0.05, 0.1) is 0 Å². The third-order valence-electron chi connectivity index (χ3n) is 4.83. The van der Waals surface area contributed by atoms with Crippen molar-refractivity contribution in [2.45, 2.75) is 18.1 Å². The fourth-order valence-electron chi connectivity index (χ4n) is 3.31. The van der Waals surface area contributed by atoms with E-state index in [0.29, 0.717) is 10.6 Å². The lowest BCUT2D eigenvalue weighted by Gasteiger charge is -2.18. The van der Waals surface area contributed by atoms with Crippen molar-refractivity contribution in [2.75, 3.05) is 12.8 Å². The Bertz CT molecular complexity index is 1010. The van der Waals surface area contributed by atoms with Crippen LogP contribution in [-0.4, -0.2) is 45.5 Å². The summed E-state index contributed by atoms with van der Waals surface area (Å²) in [5, 5.41) is 11.5. The summed E-state index contributed by atoms with van der Waals surface area (Å²) in [4.78, 5) is 29.2. The molecule has 2 amide bonds. The van der Waals surface area contributed by atoms with Gasteiger partial charge >= 0.3 is 0 Å². The Morgan fingerprint density at radius 1 is 1.50 bits per heavy atom. The summed E-state index contributed by atoms with van der Waals surface area (Å²) >= 11 is 1.16. The van der Waals surface area contributed by atoms with Gasteiger partial charge in [-0.05, 0) is 18.6 Å². The van der Waals surface area contributed by atoms with E-state index in [1.165, 1.54) is 0 Å². The average molecular weight is 368 g/mol. The topological polar surface area (TPSA) is 123 Å². The van der Waals surface area contributed by atoms with E-state index in [-0.39, 0.29) is 28.6 Å². The molecule has 3 unspecified atom stereocenters. The molecule has 8 heteroatoms. The van der Waals surface area contributed by atoms with Crippen LogP contribution in [0.3, 0.4) is 0 Å². The molecule has 132 valence electrons. The predicted molar refractivity (Wildman–Crippen MR) is 97.0 cm³/mol. The molecule has 0 radical (unpaired) electrons. The molecule has 1 saturated heterocycles. The van der Waals surface area contributed by atoms with Gasteiger partial charge in [0.2, 0.25) is 5.60 Å². The zero-order chi connectivity index (χ0) is 18.6. The minimum absolute atomic E-state index is 0.0511. The van der Waals surface area contributed by atoms with Gasteiger partial charge in [-0.2, -0.15) is 0 Å². The van der Waals surface area contributed by atoms with E-state index >= 15 is 0 Å². The van der Waals surface area contributed by atoms with Crippen LogP contribution in [0.15, 0.2) is 24.3 Å². The lowest BCUT2D eigenvalue weighted by Crippen LogP contribution is -2.41. The van der Waals surface area contributed by atoms with E-state index in [4.69, 9.17) is 11.5 Å². The van der Waals surface area contributed by atoms with Crippen LogP contribution in [0.5, 0.6) is 0 Å². The van der Waals surface area contributed by atoms with Crippen molar-refractivity contribution in [3.63, 3.8) is 0 Å². The molecular formula is C18H16N4O3S. The number of likely N-dealkylation sites (tertiary alicyclic amines) is 1. The lowest BCUT2D eigenvalue weighted by molar-refractivity contribution is -0.140. The number of aromatic nitrogens is 1. The number of likely N-dealkylation sites (N-methyl/N-ethyl adjacent to an activating group) is 1. The summed E-state index contributed by atoms with van der Waals surface area (Å²) in [5.74, 6) is 4.51. The van der Waals surface area contributed by atoms with Crippen LogP contribution >= 0.6 is 11.3 Å². The highest BCUT2D eigenvalue weighted by atomic mass is 32.1. The number of carbonyl (C=O) groups is 2. The zero-order valence-corrected chi connectivity index (χ0v) is 14.7. The van der Waals surface area contributed by atoms with Gasteiger partial charge in [0.15, 0.2) is 5.69 Å². The van der Waals surface area contributed by atoms with Gasteiger partial charge in [0.1, 0.15) is 10.0 Å². The van der Waals surface area contributed by atoms with Crippen LogP contribution in [0.4, 0.5) is 5.00 Å². The lowest BCUT2D eigenvalue weighted by atomic mass is 9.99. The molecule has 0 bridgehead atoms. The highest BCUT2D eigenvalue weighted by Crippen LogP contribution is 2.50. The number of hydrogen-bond acceptors (Lipinski definition) is 6. The third kappa shape index (κ3) is 2.44. The second kappa shape index (κ2) is 5.56. The summed E-state index contributed by atoms with van der Waals surface area (Å²) in [6.07, 6.45) is 0.780. The molecule has 2 aromatic rings. The standard InChI is InChI=1S/C18H16N4O3S/c1-22-12-8-11(12)18(25,17(22)24)6-5-9-3-2-4-10(7-9)16-21-13(14(19)23)15(20)26-16/h2-4,7,11-12,25H,8,20H2,1H3,(H2,19,23). The minimum atomic E-state index is -1.61. The normalized spacial score (nSPS) is 26.2. The van der Waals surface area contributed by atoms with Gasteiger partial charge in [-0.3, -0.25) is 9.59 Å². The first-order valence-corrected chi connectivity index (χ1v) is 8.82. The van der Waals surface area contributed by atoms with Crippen LogP contribution in [0.1, 0.15) is 22.5 Å². The molecule has 2 aliphatic rings. The molecule has 3 atom stereocenters. The van der Waals surface area contributed by atoms with Crippen LogP contribution in [0, 0.1) is 17.8 Å². The predicted octanol–water partition coefficient (Wildman–Crippen LogP) is 0.434. The van der Waals surface area contributed by atoms with Crippen LogP contribution in [0.25, 0.3) is 10.6 Å². The number of fused-ring (bicyclic) bond motifs is 1. The summed E-state index contributed by atoms with van der Waals surface area (Å²) in [6.45, 7) is 0. The largest absolute Gasteiger partial charge is 0.389 e. The molecule has 26 heavy (non-hydrogen) atoms. The number of carbonyl (C=O) groups excluding carboxylic acids is 2. The van der Waals surface area contributed by atoms with Crippen molar-refractivity contribution >= 4 is 28.2 Å². The van der Waals surface area contributed by atoms with Crippen molar-refractivity contribution < 1.29 is 14.7 Å². The minimum Gasteiger partial charge on any atom is -0.389 e. The van der Waals surface area contributed by atoms with Crippen molar-refractivity contribution in [1.29, 1.82) is 0 Å². The van der Waals surface area contributed by atoms with Crippen LogP contribution in [-0.2, 0) is 4.79 Å². The molecule has 7 nitrogen and oxygen atoms in total. The first-order valence-electron chi connectivity index (χ1n) is 8.00. The number of nitrogens with two attached hydrogens (primary N) is 2. The second-order valence-electron chi connectivity index (χ2n) is 6.52. The molecule has 1 aromatic heterocycles. The smallest absolute Gasteiger partial charge is 0.270 e. The molecule has 2 fully saturated rings. The number of thiazole rings is 1. The Labute approximate surface area is 153 Å². The number of nitrogen functional groups attached to an aromatic ring is 1. The Morgan fingerprint density at radius 3 is 2.88 bits per heavy atom. The monoisotopic (exact) mass is 368 g/mol. The number of nitrogens with zero attached hydrogens (tertiary/aromatic N) is 2. The van der Waals surface area contributed by atoms with Gasteiger partial charge in [-0.15, -0.1) is 0 Å². The highest BCUT2D eigenvalue weighted by molar-refractivity contribution is 7.19.